The van der Waals surface area contributed by atoms with E-state index in [2.05, 4.69) is 4.98 Å². The van der Waals surface area contributed by atoms with Crippen molar-refractivity contribution in [1.29, 1.82) is 0 Å². The van der Waals surface area contributed by atoms with Crippen molar-refractivity contribution in [2.24, 2.45) is 0 Å². The Balaban J connectivity index is 2.38. The van der Waals surface area contributed by atoms with Gasteiger partial charge in [0.15, 0.2) is 17.3 Å². The van der Waals surface area contributed by atoms with Crippen LogP contribution >= 0.6 is 11.3 Å². The number of nitrogens with two attached hydrogens (primary N) is 1. The van der Waals surface area contributed by atoms with E-state index in [-0.39, 0.29) is 5.78 Å². The number of carbonyl (C=O) groups excluding carboxylic acids is 1. The molecular weight excluding hydrogens is 264 g/mol. The van der Waals surface area contributed by atoms with E-state index < -0.39 is 0 Å². The number of aromatic nitrogens is 1. The molecule has 0 amide bonds. The van der Waals surface area contributed by atoms with Crippen LogP contribution in [0, 0.1) is 6.92 Å². The molecule has 0 bridgehead atoms. The fourth-order valence-electron chi connectivity index (χ4n) is 1.57. The highest BCUT2D eigenvalue weighted by Crippen LogP contribution is 2.35. The monoisotopic (exact) mass is 278 g/mol. The Labute approximate surface area is 115 Å². The number of anilines is 1. The number of hydrogen-bond acceptors (Lipinski definition) is 6. The molecule has 0 saturated carbocycles. The fraction of sp³-hybridized carbons (Fsp3) is 0.231. The number of thiazole rings is 1. The zero-order valence-electron chi connectivity index (χ0n) is 10.9. The molecule has 0 saturated heterocycles. The maximum Gasteiger partial charge on any atom is 0.241 e. The van der Waals surface area contributed by atoms with E-state index in [0.29, 0.717) is 27.9 Å². The highest BCUT2D eigenvalue weighted by Gasteiger charge is 2.17. The third kappa shape index (κ3) is 2.85. The zero-order chi connectivity index (χ0) is 14.0. The van der Waals surface area contributed by atoms with Gasteiger partial charge in [-0.25, -0.2) is 4.98 Å². The molecule has 0 radical (unpaired) electrons. The number of ether oxygens (including phenoxy) is 2. The number of methoxy groups -OCH3 is 1. The summed E-state index contributed by atoms with van der Waals surface area (Å²) in [4.78, 5) is 16.2. The van der Waals surface area contributed by atoms with Crippen LogP contribution in [0.15, 0.2) is 18.2 Å². The molecule has 0 atom stereocenters. The third-order valence-electron chi connectivity index (χ3n) is 2.42. The Morgan fingerprint density at radius 3 is 2.74 bits per heavy atom. The number of nitrogens with zero attached hydrogens (tertiary/aromatic N) is 1. The van der Waals surface area contributed by atoms with Crippen molar-refractivity contribution in [2.45, 2.75) is 13.8 Å². The van der Waals surface area contributed by atoms with E-state index in [1.165, 1.54) is 25.4 Å². The van der Waals surface area contributed by atoms with Crippen LogP contribution in [-0.4, -0.2) is 17.9 Å². The van der Waals surface area contributed by atoms with Gasteiger partial charge in [-0.3, -0.25) is 4.79 Å². The average molecular weight is 278 g/mol. The molecule has 19 heavy (non-hydrogen) atoms. The van der Waals surface area contributed by atoms with E-state index in [9.17, 15) is 4.79 Å². The first-order valence-corrected chi connectivity index (χ1v) is 6.42. The van der Waals surface area contributed by atoms with Crippen LogP contribution in [0.25, 0.3) is 0 Å². The first-order valence-electron chi connectivity index (χ1n) is 5.61. The molecule has 2 rings (SSSR count). The molecule has 0 aliphatic rings. The highest BCUT2D eigenvalue weighted by atomic mass is 32.1. The molecule has 1 aromatic heterocycles. The first kappa shape index (κ1) is 13.4. The van der Waals surface area contributed by atoms with Crippen molar-refractivity contribution in [3.05, 3.63) is 28.1 Å². The van der Waals surface area contributed by atoms with Crippen molar-refractivity contribution in [2.75, 3.05) is 12.8 Å². The van der Waals surface area contributed by atoms with Crippen LogP contribution in [0.4, 0.5) is 5.69 Å². The van der Waals surface area contributed by atoms with Crippen molar-refractivity contribution in [3.8, 4) is 17.4 Å². The minimum absolute atomic E-state index is 0.0741. The largest absolute Gasteiger partial charge is 0.493 e. The van der Waals surface area contributed by atoms with E-state index in [1.54, 1.807) is 18.2 Å². The van der Waals surface area contributed by atoms with Gasteiger partial charge in [-0.05, 0) is 19.1 Å². The molecule has 0 spiro atoms. The Bertz CT molecular complexity index is 622. The number of aryl methyl sites for hydroxylation is 1. The van der Waals surface area contributed by atoms with Gasteiger partial charge in [-0.2, -0.15) is 0 Å². The van der Waals surface area contributed by atoms with Crippen LogP contribution in [0.3, 0.4) is 0 Å². The Morgan fingerprint density at radius 2 is 2.11 bits per heavy atom. The Kier molecular flexibility index (Phi) is 3.71. The summed E-state index contributed by atoms with van der Waals surface area (Å²) >= 11 is 1.31. The summed E-state index contributed by atoms with van der Waals surface area (Å²) in [6, 6.07) is 5.04. The van der Waals surface area contributed by atoms with E-state index in [1.807, 2.05) is 6.92 Å². The Morgan fingerprint density at radius 1 is 1.37 bits per heavy atom. The number of hydrogen-bond donors (Lipinski definition) is 1. The van der Waals surface area contributed by atoms with Gasteiger partial charge >= 0.3 is 0 Å². The summed E-state index contributed by atoms with van der Waals surface area (Å²) in [6.45, 7) is 3.31. The SMILES string of the molecule is COc1cc(N)ccc1Oc1nc(C)sc1C(C)=O. The molecule has 6 heteroatoms. The second-order valence-electron chi connectivity index (χ2n) is 3.94. The third-order valence-corrected chi connectivity index (χ3v) is 3.47. The molecule has 2 aromatic rings. The van der Waals surface area contributed by atoms with Gasteiger partial charge < -0.3 is 15.2 Å². The minimum atomic E-state index is -0.0741. The summed E-state index contributed by atoms with van der Waals surface area (Å²) in [5, 5.41) is 0.773. The van der Waals surface area contributed by atoms with Gasteiger partial charge in [-0.1, -0.05) is 0 Å². The molecular formula is C13H14N2O3S. The lowest BCUT2D eigenvalue weighted by Crippen LogP contribution is -1.96. The predicted octanol–water partition coefficient (Wildman–Crippen LogP) is 3.04. The molecule has 100 valence electrons. The second-order valence-corrected chi connectivity index (χ2v) is 5.14. The maximum absolute atomic E-state index is 11.5. The molecule has 5 nitrogen and oxygen atoms in total. The van der Waals surface area contributed by atoms with E-state index in [4.69, 9.17) is 15.2 Å². The van der Waals surface area contributed by atoms with Gasteiger partial charge in [0.2, 0.25) is 5.88 Å². The number of Topliss-reactive ketones (excluding diaryl/α,β-unsaturated/α-hetero) is 1. The lowest BCUT2D eigenvalue weighted by molar-refractivity contribution is 0.101. The van der Waals surface area contributed by atoms with E-state index in [0.717, 1.165) is 5.01 Å². The first-order chi connectivity index (χ1) is 9.01. The van der Waals surface area contributed by atoms with Gasteiger partial charge in [-0.15, -0.1) is 11.3 Å². The fourth-order valence-corrected chi connectivity index (χ4v) is 2.31. The summed E-state index contributed by atoms with van der Waals surface area (Å²) in [5.74, 6) is 1.21. The summed E-state index contributed by atoms with van der Waals surface area (Å²) < 4.78 is 10.9. The van der Waals surface area contributed by atoms with Gasteiger partial charge in [0.1, 0.15) is 4.88 Å². The van der Waals surface area contributed by atoms with Gasteiger partial charge in [0.05, 0.1) is 12.1 Å². The molecule has 1 aromatic carbocycles. The second kappa shape index (κ2) is 5.27. The van der Waals surface area contributed by atoms with Crippen molar-refractivity contribution in [3.63, 3.8) is 0 Å². The van der Waals surface area contributed by atoms with Crippen LogP contribution in [0.5, 0.6) is 17.4 Å². The molecule has 1 heterocycles. The van der Waals surface area contributed by atoms with Crippen molar-refractivity contribution < 1.29 is 14.3 Å². The Hall–Kier alpha value is -2.08. The van der Waals surface area contributed by atoms with Gasteiger partial charge in [0, 0.05) is 18.7 Å². The van der Waals surface area contributed by atoms with Crippen LogP contribution in [0.2, 0.25) is 0 Å². The lowest BCUT2D eigenvalue weighted by atomic mass is 10.3. The maximum atomic E-state index is 11.5. The van der Waals surface area contributed by atoms with Crippen molar-refractivity contribution in [1.82, 2.24) is 4.98 Å². The van der Waals surface area contributed by atoms with Crippen molar-refractivity contribution >= 4 is 22.8 Å². The summed E-state index contributed by atoms with van der Waals surface area (Å²) in [6.07, 6.45) is 0. The molecule has 0 unspecified atom stereocenters. The van der Waals surface area contributed by atoms with Gasteiger partial charge in [0.25, 0.3) is 0 Å². The smallest absolute Gasteiger partial charge is 0.241 e. The quantitative estimate of drug-likeness (QED) is 0.687. The minimum Gasteiger partial charge on any atom is -0.493 e. The number of rotatable bonds is 4. The normalized spacial score (nSPS) is 10.3. The number of carbonyl (C=O) groups is 1. The lowest BCUT2D eigenvalue weighted by Gasteiger charge is -2.09. The van der Waals surface area contributed by atoms with Crippen LogP contribution < -0.4 is 15.2 Å². The number of nitrogen functional groups attached to an aromatic ring is 1. The molecule has 2 N–H and O–H groups in total. The highest BCUT2D eigenvalue weighted by molar-refractivity contribution is 7.13. The topological polar surface area (TPSA) is 74.4 Å². The number of benzene rings is 1. The van der Waals surface area contributed by atoms with Crippen LogP contribution in [0.1, 0.15) is 21.6 Å². The molecule has 0 fully saturated rings. The average Bonchev–Trinajstić information content (AvgIpc) is 2.72. The summed E-state index contributed by atoms with van der Waals surface area (Å²) in [7, 11) is 1.53. The predicted molar refractivity (Wildman–Crippen MR) is 74.3 cm³/mol. The standard InChI is InChI=1S/C13H14N2O3S/c1-7(16)12-13(15-8(2)19-12)18-10-5-4-9(14)6-11(10)17-3/h4-6H,14H2,1-3H3. The molecule has 0 aliphatic carbocycles. The molecule has 0 aliphatic heterocycles. The summed E-state index contributed by atoms with van der Waals surface area (Å²) in [5.41, 5.74) is 6.25. The zero-order valence-corrected chi connectivity index (χ0v) is 11.7. The van der Waals surface area contributed by atoms with E-state index >= 15 is 0 Å². The van der Waals surface area contributed by atoms with Crippen LogP contribution in [-0.2, 0) is 0 Å². The number of ketones is 1.